The van der Waals surface area contributed by atoms with Gasteiger partial charge in [-0.25, -0.2) is 28.6 Å². The van der Waals surface area contributed by atoms with Gasteiger partial charge in [-0.15, -0.1) is 0 Å². The lowest BCUT2D eigenvalue weighted by atomic mass is 9.87. The first kappa shape index (κ1) is 62.1. The number of aliphatic hydroxyl groups is 2. The van der Waals surface area contributed by atoms with E-state index >= 15 is 0 Å². The minimum Gasteiger partial charge on any atom is -0.386 e. The SMILES string of the molecule is CCCCCC=CCC=CCC=CCCCCCCCCC(=O)SCCNC(=O)CCNC(=O)[C@H](O)C(C)(C)COP(=O)(O)OP(=O)(O)OC[C@H]1O[C@@H](n2cnc3c(N)ncnc32)[C@H](O)[C@@H]1OP(=O)(O)O. The average molecular weight is 1080 g/mol. The smallest absolute Gasteiger partial charge is 0.386 e. The van der Waals surface area contributed by atoms with Crippen LogP contribution in [0.4, 0.5) is 5.82 Å². The van der Waals surface area contributed by atoms with E-state index in [-0.39, 0.29) is 41.6 Å². The fraction of sp³-hybridized carbons (Fsp3) is 0.674. The van der Waals surface area contributed by atoms with Crippen LogP contribution >= 0.6 is 35.2 Å². The van der Waals surface area contributed by atoms with E-state index in [0.717, 1.165) is 86.8 Å². The van der Waals surface area contributed by atoms with E-state index in [4.69, 9.17) is 19.5 Å². The molecule has 2 amide bonds. The molecule has 71 heavy (non-hydrogen) atoms. The van der Waals surface area contributed by atoms with E-state index in [9.17, 15) is 57.9 Å². The van der Waals surface area contributed by atoms with Gasteiger partial charge in [0.15, 0.2) is 22.8 Å². The summed E-state index contributed by atoms with van der Waals surface area (Å²) in [5.41, 5.74) is 4.28. The van der Waals surface area contributed by atoms with Gasteiger partial charge in [-0.3, -0.25) is 32.5 Å². The number of fused-ring (bicyclic) bond motifs is 1. The number of nitrogens with two attached hydrogens (primary N) is 1. The number of carbonyl (C=O) groups is 3. The Bertz CT molecular complexity index is 2210. The van der Waals surface area contributed by atoms with E-state index in [1.807, 2.05) is 0 Å². The molecule has 402 valence electrons. The lowest BCUT2D eigenvalue weighted by Crippen LogP contribution is -2.46. The van der Waals surface area contributed by atoms with Gasteiger partial charge in [0.25, 0.3) is 0 Å². The zero-order chi connectivity index (χ0) is 52.5. The molecule has 10 N–H and O–H groups in total. The quantitative estimate of drug-likeness (QED) is 0.0221. The standard InChI is InChI=1S/C43H72N7O17P3S/c1-4-5-6-7-8-9-10-11-12-13-14-15-16-17-18-19-20-21-22-23-34(52)71-27-26-45-33(51)24-25-46-41(55)38(54)43(2,3)29-64-70(61,62)67-69(59,60)63-28-32-37(66-68(56,57)58)36(53)42(65-32)50-31-49-35-39(44)47-30-48-40(35)50/h8-9,11-12,14-15,30-32,36-38,42,53-54H,4-7,10,13,16-29H2,1-3H3,(H,45,51)(H,46,55)(H,59,60)(H,61,62)(H2,44,47,48)(H2,56,57,58)/t32-,36-,37-,38+,42-/m1/s1. The molecule has 1 aliphatic rings. The fourth-order valence-corrected chi connectivity index (χ4v) is 10.4. The Balaban J connectivity index is 1.26. The normalized spacial score (nSPS) is 20.0. The number of aromatic nitrogens is 4. The average Bonchev–Trinajstić information content (AvgIpc) is 3.86. The first-order chi connectivity index (χ1) is 33.6. The molecule has 0 aromatic carbocycles. The third kappa shape index (κ3) is 24.1. The van der Waals surface area contributed by atoms with Crippen LogP contribution in [0.15, 0.2) is 49.1 Å². The van der Waals surface area contributed by atoms with Crippen LogP contribution in [0, 0.1) is 5.41 Å². The van der Waals surface area contributed by atoms with Crippen molar-refractivity contribution in [1.29, 1.82) is 0 Å². The lowest BCUT2D eigenvalue weighted by molar-refractivity contribution is -0.137. The largest absolute Gasteiger partial charge is 0.481 e. The van der Waals surface area contributed by atoms with Crippen molar-refractivity contribution >= 4 is 69.1 Å². The van der Waals surface area contributed by atoms with Crippen molar-refractivity contribution in [3.63, 3.8) is 0 Å². The number of carbonyl (C=O) groups excluding carboxylic acids is 3. The molecule has 0 aliphatic carbocycles. The molecule has 28 heteroatoms. The van der Waals surface area contributed by atoms with Gasteiger partial charge < -0.3 is 50.9 Å². The zero-order valence-corrected chi connectivity index (χ0v) is 43.9. The number of hydrogen-bond donors (Lipinski definition) is 9. The molecular formula is C43H72N7O17P3S. The van der Waals surface area contributed by atoms with Gasteiger partial charge >= 0.3 is 23.5 Å². The first-order valence-electron chi connectivity index (χ1n) is 23.6. The maximum atomic E-state index is 12.8. The molecule has 0 radical (unpaired) electrons. The van der Waals surface area contributed by atoms with Crippen molar-refractivity contribution in [2.45, 2.75) is 148 Å². The summed E-state index contributed by atoms with van der Waals surface area (Å²) in [6, 6.07) is 0. The van der Waals surface area contributed by atoms with E-state index in [0.29, 0.717) is 12.2 Å². The monoisotopic (exact) mass is 1080 g/mol. The van der Waals surface area contributed by atoms with Crippen molar-refractivity contribution in [1.82, 2.24) is 30.2 Å². The van der Waals surface area contributed by atoms with Crippen LogP contribution < -0.4 is 16.4 Å². The predicted octanol–water partition coefficient (Wildman–Crippen LogP) is 5.81. The summed E-state index contributed by atoms with van der Waals surface area (Å²) in [7, 11) is -16.4. The van der Waals surface area contributed by atoms with Crippen molar-refractivity contribution < 1.29 is 80.5 Å². The lowest BCUT2D eigenvalue weighted by Gasteiger charge is -2.30. The van der Waals surface area contributed by atoms with Gasteiger partial charge in [-0.1, -0.05) is 108 Å². The second-order valence-corrected chi connectivity index (χ2v) is 22.7. The molecule has 3 heterocycles. The number of anilines is 1. The van der Waals surface area contributed by atoms with Crippen LogP contribution in [0.25, 0.3) is 11.2 Å². The van der Waals surface area contributed by atoms with Crippen LogP contribution in [0.5, 0.6) is 0 Å². The van der Waals surface area contributed by atoms with Crippen LogP contribution in [0.2, 0.25) is 0 Å². The predicted molar refractivity (Wildman–Crippen MR) is 265 cm³/mol. The van der Waals surface area contributed by atoms with Crippen LogP contribution in [-0.2, 0) is 50.7 Å². The van der Waals surface area contributed by atoms with Crippen molar-refractivity contribution in [3.05, 3.63) is 49.1 Å². The zero-order valence-electron chi connectivity index (χ0n) is 40.4. The molecule has 0 saturated carbocycles. The molecule has 1 fully saturated rings. The van der Waals surface area contributed by atoms with Crippen molar-refractivity contribution in [2.75, 3.05) is 37.8 Å². The number of nitrogen functional groups attached to an aromatic ring is 1. The maximum Gasteiger partial charge on any atom is 0.481 e. The molecule has 7 atom stereocenters. The Kier molecular flexibility index (Phi) is 27.5. The van der Waals surface area contributed by atoms with Gasteiger partial charge in [0.2, 0.25) is 11.8 Å². The first-order valence-corrected chi connectivity index (χ1v) is 29.1. The summed E-state index contributed by atoms with van der Waals surface area (Å²) in [6.07, 6.45) is 21.3. The molecule has 2 aromatic rings. The molecule has 1 saturated heterocycles. The van der Waals surface area contributed by atoms with E-state index in [1.165, 1.54) is 39.5 Å². The van der Waals surface area contributed by atoms with E-state index in [2.05, 4.69) is 77.8 Å². The number of nitrogens with one attached hydrogen (secondary N) is 2. The topological polar surface area (TPSA) is 364 Å². The number of amides is 2. The molecule has 0 bridgehead atoms. The fourth-order valence-electron chi connectivity index (χ4n) is 6.90. The second-order valence-electron chi connectivity index (χ2n) is 17.3. The van der Waals surface area contributed by atoms with Gasteiger partial charge in [0.05, 0.1) is 19.5 Å². The molecular weight excluding hydrogens is 1010 g/mol. The Morgan fingerprint density at radius 3 is 2.14 bits per heavy atom. The maximum absolute atomic E-state index is 12.8. The Hall–Kier alpha value is -3.22. The number of allylic oxidation sites excluding steroid dienone is 6. The van der Waals surface area contributed by atoms with Gasteiger partial charge in [-0.05, 0) is 44.9 Å². The summed E-state index contributed by atoms with van der Waals surface area (Å²) in [5.74, 6) is -1.04. The third-order valence-electron chi connectivity index (χ3n) is 10.8. The molecule has 1 aliphatic heterocycles. The molecule has 0 spiro atoms. The number of unbranched alkanes of at least 4 members (excludes halogenated alkanes) is 9. The molecule has 3 rings (SSSR count). The third-order valence-corrected chi connectivity index (χ3v) is 14.8. The minimum absolute atomic E-state index is 0.0321. The molecule has 2 aromatic heterocycles. The summed E-state index contributed by atoms with van der Waals surface area (Å²) in [4.78, 5) is 88.5. The number of aliphatic hydroxyl groups excluding tert-OH is 2. The number of imidazole rings is 1. The van der Waals surface area contributed by atoms with Crippen LogP contribution in [0.3, 0.4) is 0 Å². The van der Waals surface area contributed by atoms with Gasteiger partial charge in [-0.2, -0.15) is 4.31 Å². The van der Waals surface area contributed by atoms with Crippen molar-refractivity contribution in [3.8, 4) is 0 Å². The number of thioether (sulfide) groups is 1. The molecule has 2 unspecified atom stereocenters. The van der Waals surface area contributed by atoms with Gasteiger partial charge in [0, 0.05) is 37.1 Å². The highest BCUT2D eigenvalue weighted by molar-refractivity contribution is 8.13. The molecule has 24 nitrogen and oxygen atoms in total. The summed E-state index contributed by atoms with van der Waals surface area (Å²) in [5, 5.41) is 26.7. The number of rotatable bonds is 36. The highest BCUT2D eigenvalue weighted by Gasteiger charge is 2.50. The summed E-state index contributed by atoms with van der Waals surface area (Å²) < 4.78 is 62.5. The summed E-state index contributed by atoms with van der Waals surface area (Å²) in [6.45, 7) is 2.77. The van der Waals surface area contributed by atoms with Gasteiger partial charge in [0.1, 0.15) is 36.3 Å². The van der Waals surface area contributed by atoms with Crippen LogP contribution in [-0.4, -0.2) is 123 Å². The number of phosphoric acid groups is 3. The number of hydrogen-bond acceptors (Lipinski definition) is 18. The van der Waals surface area contributed by atoms with Crippen LogP contribution in [0.1, 0.15) is 123 Å². The summed E-state index contributed by atoms with van der Waals surface area (Å²) >= 11 is 1.14. The highest BCUT2D eigenvalue weighted by atomic mass is 32.2. The Morgan fingerprint density at radius 1 is 0.859 bits per heavy atom. The van der Waals surface area contributed by atoms with E-state index < -0.39 is 84.6 Å². The number of phosphoric ester groups is 3. The number of ether oxygens (including phenoxy) is 1. The highest BCUT2D eigenvalue weighted by Crippen LogP contribution is 2.61. The minimum atomic E-state index is -5.58. The van der Waals surface area contributed by atoms with E-state index in [1.54, 1.807) is 0 Å². The Labute approximate surface area is 418 Å². The van der Waals surface area contributed by atoms with Crippen molar-refractivity contribution in [2.24, 2.45) is 5.41 Å². The second kappa shape index (κ2) is 31.5. The number of nitrogens with zero attached hydrogens (tertiary/aromatic N) is 4. The Morgan fingerprint density at radius 2 is 1.48 bits per heavy atom.